The number of hydrogen-bond donors (Lipinski definition) is 0. The molecule has 1 saturated heterocycles. The maximum atomic E-state index is 11.2. The minimum atomic E-state index is -0.218. The third-order valence-corrected chi connectivity index (χ3v) is 2.22. The third kappa shape index (κ3) is 3.27. The minimum absolute atomic E-state index is 0.160. The molecule has 2 atom stereocenters. The van der Waals surface area contributed by atoms with Crippen LogP contribution in [0.2, 0.25) is 0 Å². The van der Waals surface area contributed by atoms with Crippen LogP contribution in [0.15, 0.2) is 0 Å². The normalized spacial score (nSPS) is 26.4. The van der Waals surface area contributed by atoms with E-state index in [1.54, 1.807) is 0 Å². The summed E-state index contributed by atoms with van der Waals surface area (Å²) in [6.07, 6.45) is 1.06. The Morgan fingerprint density at radius 1 is 1.43 bits per heavy atom. The average Bonchev–Trinajstić information content (AvgIpc) is 2.54. The van der Waals surface area contributed by atoms with Crippen molar-refractivity contribution in [3.05, 3.63) is 0 Å². The lowest BCUT2D eigenvalue weighted by molar-refractivity contribution is -0.153. The first-order chi connectivity index (χ1) is 6.77. The maximum absolute atomic E-state index is 11.2. The van der Waals surface area contributed by atoms with Crippen LogP contribution in [0.5, 0.6) is 0 Å². The molecule has 0 aromatic heterocycles. The quantitative estimate of drug-likeness (QED) is 0.631. The second-order valence-electron chi connectivity index (χ2n) is 3.25. The molecule has 1 fully saturated rings. The van der Waals surface area contributed by atoms with Crippen molar-refractivity contribution in [1.29, 1.82) is 0 Å². The Labute approximate surface area is 84.5 Å². The van der Waals surface area contributed by atoms with Gasteiger partial charge in [-0.1, -0.05) is 0 Å². The lowest BCUT2D eigenvalue weighted by Gasteiger charge is -2.17. The second kappa shape index (κ2) is 5.98. The van der Waals surface area contributed by atoms with E-state index in [0.29, 0.717) is 26.2 Å². The first-order valence-electron chi connectivity index (χ1n) is 5.16. The standard InChI is InChI=1S/C10H18O4/c1-3-12-9(11)7-8-5-6-14-10(8)13-4-2/h8,10H,3-7H2,1-2H3/t8-,10+/m1/s1. The van der Waals surface area contributed by atoms with E-state index in [4.69, 9.17) is 14.2 Å². The number of esters is 1. The third-order valence-electron chi connectivity index (χ3n) is 2.22. The Hall–Kier alpha value is -0.610. The zero-order chi connectivity index (χ0) is 10.4. The summed E-state index contributed by atoms with van der Waals surface area (Å²) in [7, 11) is 0. The van der Waals surface area contributed by atoms with Gasteiger partial charge >= 0.3 is 5.97 Å². The van der Waals surface area contributed by atoms with Gasteiger partial charge in [0.05, 0.1) is 19.6 Å². The number of hydrogen-bond acceptors (Lipinski definition) is 4. The fourth-order valence-electron chi connectivity index (χ4n) is 1.59. The van der Waals surface area contributed by atoms with Gasteiger partial charge in [0.1, 0.15) is 0 Å². The Morgan fingerprint density at radius 3 is 2.86 bits per heavy atom. The predicted octanol–water partition coefficient (Wildman–Crippen LogP) is 1.34. The van der Waals surface area contributed by atoms with E-state index >= 15 is 0 Å². The molecule has 0 unspecified atom stereocenters. The minimum Gasteiger partial charge on any atom is -0.466 e. The highest BCUT2D eigenvalue weighted by molar-refractivity contribution is 5.69. The van der Waals surface area contributed by atoms with Crippen LogP contribution in [0.1, 0.15) is 26.7 Å². The van der Waals surface area contributed by atoms with Crippen molar-refractivity contribution >= 4 is 5.97 Å². The molecular formula is C10H18O4. The first-order valence-corrected chi connectivity index (χ1v) is 5.16. The Balaban J connectivity index is 2.31. The van der Waals surface area contributed by atoms with Crippen molar-refractivity contribution in [2.75, 3.05) is 19.8 Å². The topological polar surface area (TPSA) is 44.8 Å². The molecule has 1 aliphatic rings. The highest BCUT2D eigenvalue weighted by Crippen LogP contribution is 2.25. The van der Waals surface area contributed by atoms with Crippen molar-refractivity contribution in [3.8, 4) is 0 Å². The summed E-state index contributed by atoms with van der Waals surface area (Å²) >= 11 is 0. The highest BCUT2D eigenvalue weighted by atomic mass is 16.7. The summed E-state index contributed by atoms with van der Waals surface area (Å²) in [5, 5.41) is 0. The first kappa shape index (κ1) is 11.5. The van der Waals surface area contributed by atoms with Crippen LogP contribution < -0.4 is 0 Å². The summed E-state index contributed by atoms with van der Waals surface area (Å²) < 4.78 is 15.6. The van der Waals surface area contributed by atoms with Crippen molar-refractivity contribution in [2.24, 2.45) is 5.92 Å². The van der Waals surface area contributed by atoms with E-state index in [1.165, 1.54) is 0 Å². The monoisotopic (exact) mass is 202 g/mol. The molecule has 0 spiro atoms. The highest BCUT2D eigenvalue weighted by Gasteiger charge is 2.30. The molecule has 0 radical (unpaired) electrons. The largest absolute Gasteiger partial charge is 0.466 e. The van der Waals surface area contributed by atoms with E-state index in [-0.39, 0.29) is 18.2 Å². The molecule has 0 aliphatic carbocycles. The zero-order valence-corrected chi connectivity index (χ0v) is 8.82. The molecule has 1 aliphatic heterocycles. The second-order valence-corrected chi connectivity index (χ2v) is 3.25. The van der Waals surface area contributed by atoms with E-state index in [0.717, 1.165) is 6.42 Å². The molecule has 0 bridgehead atoms. The van der Waals surface area contributed by atoms with Gasteiger partial charge in [0.15, 0.2) is 6.29 Å². The van der Waals surface area contributed by atoms with Crippen molar-refractivity contribution < 1.29 is 19.0 Å². The van der Waals surface area contributed by atoms with Gasteiger partial charge in [0.25, 0.3) is 0 Å². The van der Waals surface area contributed by atoms with E-state index in [2.05, 4.69) is 0 Å². The number of rotatable bonds is 5. The van der Waals surface area contributed by atoms with Crippen LogP contribution in [-0.2, 0) is 19.0 Å². The smallest absolute Gasteiger partial charge is 0.306 e. The Bertz CT molecular complexity index is 181. The lowest BCUT2D eigenvalue weighted by atomic mass is 10.0. The van der Waals surface area contributed by atoms with Crippen LogP contribution in [-0.4, -0.2) is 32.1 Å². The molecule has 0 N–H and O–H groups in total. The Kier molecular flexibility index (Phi) is 4.90. The van der Waals surface area contributed by atoms with Crippen LogP contribution in [0, 0.1) is 5.92 Å². The summed E-state index contributed by atoms with van der Waals surface area (Å²) in [4.78, 5) is 11.2. The zero-order valence-electron chi connectivity index (χ0n) is 8.82. The van der Waals surface area contributed by atoms with Gasteiger partial charge in [-0.15, -0.1) is 0 Å². The molecule has 4 nitrogen and oxygen atoms in total. The van der Waals surface area contributed by atoms with Gasteiger partial charge in [0.2, 0.25) is 0 Å². The molecule has 0 saturated carbocycles. The van der Waals surface area contributed by atoms with Gasteiger partial charge in [-0.2, -0.15) is 0 Å². The van der Waals surface area contributed by atoms with Crippen molar-refractivity contribution in [2.45, 2.75) is 33.0 Å². The van der Waals surface area contributed by atoms with Crippen molar-refractivity contribution in [3.63, 3.8) is 0 Å². The van der Waals surface area contributed by atoms with Crippen molar-refractivity contribution in [1.82, 2.24) is 0 Å². The van der Waals surface area contributed by atoms with Gasteiger partial charge < -0.3 is 14.2 Å². The average molecular weight is 202 g/mol. The molecule has 0 aromatic rings. The number of carbonyl (C=O) groups is 1. The molecule has 82 valence electrons. The molecule has 0 amide bonds. The fraction of sp³-hybridized carbons (Fsp3) is 0.900. The number of ether oxygens (including phenoxy) is 3. The molecule has 4 heteroatoms. The van der Waals surface area contributed by atoms with Gasteiger partial charge in [-0.05, 0) is 20.3 Å². The van der Waals surface area contributed by atoms with Crippen LogP contribution >= 0.6 is 0 Å². The van der Waals surface area contributed by atoms with Crippen LogP contribution in [0.25, 0.3) is 0 Å². The molecule has 14 heavy (non-hydrogen) atoms. The van der Waals surface area contributed by atoms with Crippen LogP contribution in [0.4, 0.5) is 0 Å². The number of carbonyl (C=O) groups excluding carboxylic acids is 1. The van der Waals surface area contributed by atoms with E-state index in [1.807, 2.05) is 13.8 Å². The predicted molar refractivity (Wildman–Crippen MR) is 50.7 cm³/mol. The summed E-state index contributed by atoms with van der Waals surface area (Å²) in [6.45, 7) is 5.45. The van der Waals surface area contributed by atoms with Gasteiger partial charge in [0, 0.05) is 12.5 Å². The van der Waals surface area contributed by atoms with Gasteiger partial charge in [-0.25, -0.2) is 0 Å². The Morgan fingerprint density at radius 2 is 2.21 bits per heavy atom. The molecule has 1 rings (SSSR count). The van der Waals surface area contributed by atoms with Gasteiger partial charge in [-0.3, -0.25) is 4.79 Å². The van der Waals surface area contributed by atoms with E-state index < -0.39 is 0 Å². The molecular weight excluding hydrogens is 184 g/mol. The SMILES string of the molecule is CCOC(=O)C[C@H]1CCO[C@@H]1OCC. The lowest BCUT2D eigenvalue weighted by Crippen LogP contribution is -2.23. The summed E-state index contributed by atoms with van der Waals surface area (Å²) in [5.74, 6) is 0.00158. The summed E-state index contributed by atoms with van der Waals surface area (Å²) in [6, 6.07) is 0. The van der Waals surface area contributed by atoms with E-state index in [9.17, 15) is 4.79 Å². The fourth-order valence-corrected chi connectivity index (χ4v) is 1.59. The molecule has 1 heterocycles. The molecule has 0 aromatic carbocycles. The van der Waals surface area contributed by atoms with Crippen LogP contribution in [0.3, 0.4) is 0 Å². The summed E-state index contributed by atoms with van der Waals surface area (Å²) in [5.41, 5.74) is 0. The maximum Gasteiger partial charge on any atom is 0.306 e.